The van der Waals surface area contributed by atoms with Crippen LogP contribution in [-0.2, 0) is 29.1 Å². The molecule has 0 saturated carbocycles. The van der Waals surface area contributed by atoms with Gasteiger partial charge < -0.3 is 24.4 Å². The van der Waals surface area contributed by atoms with Crippen molar-refractivity contribution in [3.8, 4) is 17.2 Å². The molecule has 1 heterocycles. The Bertz CT molecular complexity index is 973. The van der Waals surface area contributed by atoms with E-state index in [9.17, 15) is 9.59 Å². The number of carbonyl (C=O) groups excluding carboxylic acids is 2. The highest BCUT2D eigenvalue weighted by Crippen LogP contribution is 2.34. The van der Waals surface area contributed by atoms with Gasteiger partial charge in [-0.05, 0) is 23.1 Å². The molecule has 1 aliphatic rings. The number of methoxy groups -OCH3 is 3. The molecule has 7 heteroatoms. The van der Waals surface area contributed by atoms with Gasteiger partial charge in [-0.25, -0.2) is 0 Å². The number of nitrogens with zero attached hydrogens (tertiary/aromatic N) is 1. The lowest BCUT2D eigenvalue weighted by Crippen LogP contribution is -2.52. The van der Waals surface area contributed by atoms with Gasteiger partial charge in [-0.3, -0.25) is 9.59 Å². The number of benzene rings is 2. The van der Waals surface area contributed by atoms with Crippen molar-refractivity contribution >= 4 is 11.8 Å². The second-order valence-electron chi connectivity index (χ2n) is 8.35. The van der Waals surface area contributed by atoms with Crippen molar-refractivity contribution in [3.63, 3.8) is 0 Å². The second-order valence-corrected chi connectivity index (χ2v) is 8.35. The van der Waals surface area contributed by atoms with Gasteiger partial charge in [0.15, 0.2) is 11.5 Å². The summed E-state index contributed by atoms with van der Waals surface area (Å²) in [6, 6.07) is 10.9. The minimum absolute atomic E-state index is 0.00153. The van der Waals surface area contributed by atoms with Crippen LogP contribution in [0.5, 0.6) is 17.2 Å². The Hall–Kier alpha value is -3.22. The molecule has 0 saturated heterocycles. The number of nitrogens with one attached hydrogen (secondary N) is 1. The molecular weight excluding hydrogens is 408 g/mol. The van der Waals surface area contributed by atoms with E-state index in [-0.39, 0.29) is 24.3 Å². The number of hydrogen-bond acceptors (Lipinski definition) is 5. The Morgan fingerprint density at radius 2 is 1.62 bits per heavy atom. The number of hydrogen-bond donors (Lipinski definition) is 1. The van der Waals surface area contributed by atoms with Crippen LogP contribution in [-0.4, -0.2) is 44.1 Å². The number of carbonyl (C=O) groups is 2. The maximum atomic E-state index is 13.3. The number of amides is 2. The highest BCUT2D eigenvalue weighted by atomic mass is 16.5. The molecule has 0 radical (unpaired) electrons. The zero-order chi connectivity index (χ0) is 23.3. The molecule has 0 fully saturated rings. The first kappa shape index (κ1) is 23.4. The van der Waals surface area contributed by atoms with E-state index in [1.807, 2.05) is 38.1 Å². The lowest BCUT2D eigenvalue weighted by Gasteiger charge is -2.36. The van der Waals surface area contributed by atoms with Crippen molar-refractivity contribution in [2.24, 2.45) is 5.92 Å². The average Bonchev–Trinajstić information content (AvgIpc) is 2.80. The minimum atomic E-state index is -0.553. The molecule has 0 aromatic heterocycles. The summed E-state index contributed by atoms with van der Waals surface area (Å²) in [5, 5.41) is 2.99. The summed E-state index contributed by atoms with van der Waals surface area (Å²) in [7, 11) is 4.68. The Kier molecular flexibility index (Phi) is 7.62. The third-order valence-electron chi connectivity index (χ3n) is 5.69. The molecule has 1 aliphatic heterocycles. The molecule has 2 amide bonds. The predicted octanol–water partition coefficient (Wildman–Crippen LogP) is 3.33. The van der Waals surface area contributed by atoms with Crippen molar-refractivity contribution in [3.05, 3.63) is 53.1 Å². The second kappa shape index (κ2) is 10.4. The maximum Gasteiger partial charge on any atom is 0.243 e. The van der Waals surface area contributed by atoms with Gasteiger partial charge in [0, 0.05) is 37.6 Å². The van der Waals surface area contributed by atoms with E-state index in [1.54, 1.807) is 38.4 Å². The van der Waals surface area contributed by atoms with Gasteiger partial charge >= 0.3 is 0 Å². The third-order valence-corrected chi connectivity index (χ3v) is 5.69. The van der Waals surface area contributed by atoms with Crippen LogP contribution in [0.25, 0.3) is 0 Å². The Labute approximate surface area is 189 Å². The van der Waals surface area contributed by atoms with Gasteiger partial charge in [-0.15, -0.1) is 0 Å². The highest BCUT2D eigenvalue weighted by Gasteiger charge is 2.34. The van der Waals surface area contributed by atoms with E-state index in [1.165, 1.54) is 0 Å². The molecule has 0 bridgehead atoms. The van der Waals surface area contributed by atoms with E-state index in [2.05, 4.69) is 5.32 Å². The summed E-state index contributed by atoms with van der Waals surface area (Å²) in [5.74, 6) is 1.72. The van der Waals surface area contributed by atoms with Gasteiger partial charge in [0.1, 0.15) is 11.8 Å². The number of fused-ring (bicyclic) bond motifs is 1. The normalized spacial score (nSPS) is 15.2. The molecular formula is C25H32N2O5. The van der Waals surface area contributed by atoms with Crippen LogP contribution in [0.15, 0.2) is 36.4 Å². The highest BCUT2D eigenvalue weighted by molar-refractivity contribution is 5.88. The van der Waals surface area contributed by atoms with E-state index in [0.717, 1.165) is 16.7 Å². The summed E-state index contributed by atoms with van der Waals surface area (Å²) in [6.07, 6.45) is 0.907. The first-order chi connectivity index (χ1) is 15.4. The lowest BCUT2D eigenvalue weighted by molar-refractivity contribution is -0.142. The van der Waals surface area contributed by atoms with Gasteiger partial charge in [-0.2, -0.15) is 0 Å². The summed E-state index contributed by atoms with van der Waals surface area (Å²) in [5.41, 5.74) is 2.95. The van der Waals surface area contributed by atoms with Gasteiger partial charge in [0.2, 0.25) is 11.8 Å². The van der Waals surface area contributed by atoms with E-state index in [0.29, 0.717) is 36.6 Å². The fourth-order valence-corrected chi connectivity index (χ4v) is 4.02. The van der Waals surface area contributed by atoms with E-state index in [4.69, 9.17) is 14.2 Å². The monoisotopic (exact) mass is 440 g/mol. The third kappa shape index (κ3) is 5.15. The van der Waals surface area contributed by atoms with Crippen LogP contribution in [0.1, 0.15) is 37.0 Å². The predicted molar refractivity (Wildman–Crippen MR) is 122 cm³/mol. The van der Waals surface area contributed by atoms with Gasteiger partial charge in [0.25, 0.3) is 0 Å². The molecule has 1 unspecified atom stereocenters. The fourth-order valence-electron chi connectivity index (χ4n) is 4.02. The summed E-state index contributed by atoms with van der Waals surface area (Å²) in [4.78, 5) is 27.9. The molecule has 0 aliphatic carbocycles. The lowest BCUT2D eigenvalue weighted by atomic mass is 9.92. The van der Waals surface area contributed by atoms with E-state index >= 15 is 0 Å². The Morgan fingerprint density at radius 3 is 2.25 bits per heavy atom. The maximum absolute atomic E-state index is 13.3. The summed E-state index contributed by atoms with van der Waals surface area (Å²) < 4.78 is 16.2. The molecule has 2 aromatic carbocycles. The van der Waals surface area contributed by atoms with Crippen LogP contribution in [0, 0.1) is 5.92 Å². The van der Waals surface area contributed by atoms with Crippen LogP contribution in [0.2, 0.25) is 0 Å². The van der Waals surface area contributed by atoms with Crippen LogP contribution in [0.3, 0.4) is 0 Å². The SMILES string of the molecule is COc1cc(OC)c(OC)cc1CNC(=O)C1Cc2ccccc2CN1C(=O)CC(C)C. The fraction of sp³-hybridized carbons (Fsp3) is 0.440. The van der Waals surface area contributed by atoms with Crippen molar-refractivity contribution in [2.45, 2.75) is 45.8 Å². The standard InChI is InChI=1S/C25H32N2O5/c1-16(2)10-24(28)27-15-18-9-7-6-8-17(18)11-20(27)25(29)26-14-19-12-22(31-4)23(32-5)13-21(19)30-3/h6-9,12-13,16,20H,10-11,14-15H2,1-5H3,(H,26,29). The zero-order valence-corrected chi connectivity index (χ0v) is 19.4. The van der Waals surface area contributed by atoms with Gasteiger partial charge in [0.05, 0.1) is 21.3 Å². The van der Waals surface area contributed by atoms with Crippen molar-refractivity contribution < 1.29 is 23.8 Å². The summed E-state index contributed by atoms with van der Waals surface area (Å²) >= 11 is 0. The molecule has 1 atom stereocenters. The first-order valence-electron chi connectivity index (χ1n) is 10.8. The van der Waals surface area contributed by atoms with Crippen molar-refractivity contribution in [1.29, 1.82) is 0 Å². The van der Waals surface area contributed by atoms with Crippen LogP contribution >= 0.6 is 0 Å². The first-order valence-corrected chi connectivity index (χ1v) is 10.8. The zero-order valence-electron chi connectivity index (χ0n) is 19.4. The number of rotatable bonds is 8. The number of ether oxygens (including phenoxy) is 3. The van der Waals surface area contributed by atoms with Crippen molar-refractivity contribution in [1.82, 2.24) is 10.2 Å². The largest absolute Gasteiger partial charge is 0.496 e. The van der Waals surface area contributed by atoms with Gasteiger partial charge in [-0.1, -0.05) is 38.1 Å². The topological polar surface area (TPSA) is 77.1 Å². The molecule has 3 rings (SSSR count). The molecule has 32 heavy (non-hydrogen) atoms. The minimum Gasteiger partial charge on any atom is -0.496 e. The Morgan fingerprint density at radius 1 is 1.00 bits per heavy atom. The molecule has 1 N–H and O–H groups in total. The van der Waals surface area contributed by atoms with Crippen LogP contribution in [0.4, 0.5) is 0 Å². The van der Waals surface area contributed by atoms with E-state index < -0.39 is 6.04 Å². The molecule has 7 nitrogen and oxygen atoms in total. The molecule has 172 valence electrons. The molecule has 2 aromatic rings. The average molecular weight is 441 g/mol. The Balaban J connectivity index is 1.81. The smallest absolute Gasteiger partial charge is 0.243 e. The summed E-state index contributed by atoms with van der Waals surface area (Å²) in [6.45, 7) is 4.70. The molecule has 0 spiro atoms. The quantitative estimate of drug-likeness (QED) is 0.681. The van der Waals surface area contributed by atoms with Crippen LogP contribution < -0.4 is 19.5 Å². The van der Waals surface area contributed by atoms with Crippen molar-refractivity contribution in [2.75, 3.05) is 21.3 Å².